The molecule has 0 aromatic rings. The third kappa shape index (κ3) is 3.17. The van der Waals surface area contributed by atoms with E-state index < -0.39 is 0 Å². The molecule has 2 aliphatic rings. The molecular formula is C13H19O3. The van der Waals surface area contributed by atoms with Crippen LogP contribution in [-0.4, -0.2) is 32.5 Å². The van der Waals surface area contributed by atoms with Gasteiger partial charge in [-0.2, -0.15) is 0 Å². The summed E-state index contributed by atoms with van der Waals surface area (Å²) in [6, 6.07) is 0. The Labute approximate surface area is 97.1 Å². The first-order chi connectivity index (χ1) is 7.90. The molecule has 89 valence electrons. The summed E-state index contributed by atoms with van der Waals surface area (Å²) in [5, 5.41) is 0. The minimum Gasteiger partial charge on any atom is -0.381 e. The van der Waals surface area contributed by atoms with E-state index in [1.807, 2.05) is 6.92 Å². The van der Waals surface area contributed by atoms with E-state index in [1.54, 1.807) is 6.61 Å². The van der Waals surface area contributed by atoms with Crippen molar-refractivity contribution in [3.8, 4) is 0 Å². The van der Waals surface area contributed by atoms with E-state index in [4.69, 9.17) is 14.2 Å². The third-order valence-corrected chi connectivity index (χ3v) is 2.86. The van der Waals surface area contributed by atoms with Gasteiger partial charge < -0.3 is 14.2 Å². The highest BCUT2D eigenvalue weighted by molar-refractivity contribution is 5.23. The van der Waals surface area contributed by atoms with Crippen LogP contribution in [0.4, 0.5) is 0 Å². The molecule has 0 aromatic carbocycles. The fraction of sp³-hybridized carbons (Fsp3) is 0.615. The molecule has 0 bridgehead atoms. The van der Waals surface area contributed by atoms with Gasteiger partial charge in [-0.3, -0.25) is 0 Å². The summed E-state index contributed by atoms with van der Waals surface area (Å²) in [6.07, 6.45) is 7.55. The molecule has 3 heteroatoms. The predicted octanol–water partition coefficient (Wildman–Crippen LogP) is 2.10. The average molecular weight is 223 g/mol. The lowest BCUT2D eigenvalue weighted by Crippen LogP contribution is -2.29. The van der Waals surface area contributed by atoms with E-state index in [0.29, 0.717) is 19.1 Å². The molecule has 1 radical (unpaired) electrons. The molecule has 1 heterocycles. The maximum absolute atomic E-state index is 5.58. The molecule has 0 saturated carbocycles. The van der Waals surface area contributed by atoms with E-state index >= 15 is 0 Å². The van der Waals surface area contributed by atoms with Crippen molar-refractivity contribution in [1.29, 1.82) is 0 Å². The minimum atomic E-state index is 0.0998. The van der Waals surface area contributed by atoms with Gasteiger partial charge in [0.25, 0.3) is 0 Å². The van der Waals surface area contributed by atoms with Crippen LogP contribution in [0.1, 0.15) is 13.3 Å². The predicted molar refractivity (Wildman–Crippen MR) is 61.8 cm³/mol. The van der Waals surface area contributed by atoms with Gasteiger partial charge >= 0.3 is 0 Å². The average Bonchev–Trinajstić information content (AvgIpc) is 2.38. The Hall–Kier alpha value is -0.640. The zero-order valence-electron chi connectivity index (χ0n) is 9.72. The van der Waals surface area contributed by atoms with E-state index in [-0.39, 0.29) is 6.10 Å². The van der Waals surface area contributed by atoms with Crippen LogP contribution in [0.15, 0.2) is 23.8 Å². The minimum absolute atomic E-state index is 0.0998. The first kappa shape index (κ1) is 11.8. The number of ether oxygens (including phenoxy) is 3. The second-order valence-corrected chi connectivity index (χ2v) is 4.08. The second-order valence-electron chi connectivity index (χ2n) is 4.08. The molecule has 2 atom stereocenters. The maximum atomic E-state index is 5.58. The van der Waals surface area contributed by atoms with Crippen molar-refractivity contribution >= 4 is 0 Å². The quantitative estimate of drug-likeness (QED) is 0.730. The van der Waals surface area contributed by atoms with Crippen LogP contribution in [-0.2, 0) is 14.2 Å². The summed E-state index contributed by atoms with van der Waals surface area (Å²) in [7, 11) is 0. The van der Waals surface area contributed by atoms with Gasteiger partial charge in [-0.25, -0.2) is 0 Å². The summed E-state index contributed by atoms with van der Waals surface area (Å²) in [6.45, 7) is 6.60. The zero-order chi connectivity index (χ0) is 11.2. The molecule has 0 amide bonds. The normalized spacial score (nSPS) is 30.2. The molecule has 16 heavy (non-hydrogen) atoms. The van der Waals surface area contributed by atoms with Gasteiger partial charge in [0.1, 0.15) is 12.7 Å². The van der Waals surface area contributed by atoms with Crippen molar-refractivity contribution in [2.75, 3.05) is 26.4 Å². The lowest BCUT2D eigenvalue weighted by atomic mass is 9.91. The van der Waals surface area contributed by atoms with Crippen molar-refractivity contribution in [2.45, 2.75) is 19.4 Å². The van der Waals surface area contributed by atoms with E-state index in [2.05, 4.69) is 18.2 Å². The van der Waals surface area contributed by atoms with Crippen molar-refractivity contribution in [3.05, 3.63) is 30.4 Å². The fourth-order valence-electron chi connectivity index (χ4n) is 2.01. The summed E-state index contributed by atoms with van der Waals surface area (Å²) in [4.78, 5) is 0. The second kappa shape index (κ2) is 6.18. The monoisotopic (exact) mass is 223 g/mol. The Balaban J connectivity index is 1.85. The van der Waals surface area contributed by atoms with Gasteiger partial charge in [0.15, 0.2) is 0 Å². The Kier molecular flexibility index (Phi) is 4.57. The molecule has 0 spiro atoms. The maximum Gasteiger partial charge on any atom is 0.110 e. The van der Waals surface area contributed by atoms with Gasteiger partial charge in [-0.05, 0) is 18.9 Å². The van der Waals surface area contributed by atoms with Crippen LogP contribution in [0.2, 0.25) is 0 Å². The van der Waals surface area contributed by atoms with Crippen LogP contribution >= 0.6 is 0 Å². The van der Waals surface area contributed by atoms with Gasteiger partial charge in [0, 0.05) is 12.5 Å². The SMILES string of the molecule is CCOCC1C=CC=C(C2COC[CH]O2)C1. The molecule has 3 nitrogen and oxygen atoms in total. The van der Waals surface area contributed by atoms with Gasteiger partial charge in [-0.1, -0.05) is 18.2 Å². The van der Waals surface area contributed by atoms with Crippen LogP contribution in [0, 0.1) is 12.5 Å². The Morgan fingerprint density at radius 1 is 1.50 bits per heavy atom. The lowest BCUT2D eigenvalue weighted by molar-refractivity contribution is -0.0365. The topological polar surface area (TPSA) is 27.7 Å². The van der Waals surface area contributed by atoms with Crippen LogP contribution in [0.5, 0.6) is 0 Å². The smallest absolute Gasteiger partial charge is 0.110 e. The van der Waals surface area contributed by atoms with Crippen molar-refractivity contribution in [1.82, 2.24) is 0 Å². The van der Waals surface area contributed by atoms with Crippen LogP contribution < -0.4 is 0 Å². The van der Waals surface area contributed by atoms with E-state index in [0.717, 1.165) is 19.6 Å². The van der Waals surface area contributed by atoms with Crippen LogP contribution in [0.25, 0.3) is 0 Å². The summed E-state index contributed by atoms with van der Waals surface area (Å²) >= 11 is 0. The molecule has 2 rings (SSSR count). The number of allylic oxidation sites excluding steroid dienone is 2. The number of hydrogen-bond donors (Lipinski definition) is 0. The highest BCUT2D eigenvalue weighted by Crippen LogP contribution is 2.25. The van der Waals surface area contributed by atoms with Gasteiger partial charge in [0.05, 0.1) is 19.8 Å². The first-order valence-electron chi connectivity index (χ1n) is 5.90. The van der Waals surface area contributed by atoms with Crippen molar-refractivity contribution in [2.24, 2.45) is 5.92 Å². The highest BCUT2D eigenvalue weighted by atomic mass is 16.6. The van der Waals surface area contributed by atoms with Gasteiger partial charge in [-0.15, -0.1) is 0 Å². The van der Waals surface area contributed by atoms with E-state index in [9.17, 15) is 0 Å². The zero-order valence-corrected chi connectivity index (χ0v) is 9.72. The number of rotatable bonds is 4. The third-order valence-electron chi connectivity index (χ3n) is 2.86. The van der Waals surface area contributed by atoms with Crippen molar-refractivity contribution < 1.29 is 14.2 Å². The Morgan fingerprint density at radius 2 is 2.44 bits per heavy atom. The Bertz CT molecular complexity index is 264. The molecule has 1 aliphatic carbocycles. The summed E-state index contributed by atoms with van der Waals surface area (Å²) in [5.41, 5.74) is 1.31. The standard InChI is InChI=1S/C13H19O3/c1-2-14-9-11-4-3-5-12(8-11)13-10-15-6-7-16-13/h3-5,7,11,13H,2,6,8-10H2,1H3. The molecule has 2 unspecified atom stereocenters. The molecule has 0 aromatic heterocycles. The molecule has 0 N–H and O–H groups in total. The largest absolute Gasteiger partial charge is 0.381 e. The molecular weight excluding hydrogens is 204 g/mol. The molecule has 1 fully saturated rings. The number of hydrogen-bond acceptors (Lipinski definition) is 3. The van der Waals surface area contributed by atoms with Crippen molar-refractivity contribution in [3.63, 3.8) is 0 Å². The van der Waals surface area contributed by atoms with Gasteiger partial charge in [0.2, 0.25) is 0 Å². The Morgan fingerprint density at radius 3 is 3.19 bits per heavy atom. The van der Waals surface area contributed by atoms with E-state index in [1.165, 1.54) is 5.57 Å². The molecule has 1 saturated heterocycles. The van der Waals surface area contributed by atoms with Crippen LogP contribution in [0.3, 0.4) is 0 Å². The summed E-state index contributed by atoms with van der Waals surface area (Å²) in [5.74, 6) is 0.477. The first-order valence-corrected chi connectivity index (χ1v) is 5.90. The lowest BCUT2D eigenvalue weighted by Gasteiger charge is -2.28. The highest BCUT2D eigenvalue weighted by Gasteiger charge is 2.22. The molecule has 1 aliphatic heterocycles. The summed E-state index contributed by atoms with van der Waals surface area (Å²) < 4.78 is 16.4. The fourth-order valence-corrected chi connectivity index (χ4v) is 2.01.